The summed E-state index contributed by atoms with van der Waals surface area (Å²) in [6, 6.07) is 0. The molecule has 12 heavy (non-hydrogen) atoms. The quantitative estimate of drug-likeness (QED) is 0.433. The maximum atomic E-state index is 9.99. The summed E-state index contributed by atoms with van der Waals surface area (Å²) in [4.78, 5) is 13.7. The number of hydrogen-bond donors (Lipinski definition) is 0. The summed E-state index contributed by atoms with van der Waals surface area (Å²) in [6.07, 6.45) is 2.54. The Kier molecular flexibility index (Phi) is 3.04. The van der Waals surface area contributed by atoms with E-state index in [4.69, 9.17) is 0 Å². The molecule has 0 aromatic carbocycles. The zero-order valence-electron chi connectivity index (χ0n) is 7.14. The van der Waals surface area contributed by atoms with Gasteiger partial charge in [0, 0.05) is 26.2 Å². The zero-order valence-corrected chi connectivity index (χ0v) is 7.14. The number of nitrogens with zero attached hydrogens (tertiary/aromatic N) is 3. The van der Waals surface area contributed by atoms with Gasteiger partial charge in [0.25, 0.3) is 0 Å². The van der Waals surface area contributed by atoms with Gasteiger partial charge < -0.3 is 9.80 Å². The SMILES string of the molecule is CN1CCN(/C=C/[N+](=O)[O-])CC1. The molecule has 1 aliphatic heterocycles. The molecule has 0 atom stereocenters. The Bertz CT molecular complexity index is 185. The minimum absolute atomic E-state index is 0.432. The minimum atomic E-state index is -0.432. The molecule has 0 radical (unpaired) electrons. The highest BCUT2D eigenvalue weighted by molar-refractivity contribution is 4.79. The predicted molar refractivity (Wildman–Crippen MR) is 45.2 cm³/mol. The van der Waals surface area contributed by atoms with E-state index in [1.54, 1.807) is 6.20 Å². The molecule has 0 bridgehead atoms. The summed E-state index contributed by atoms with van der Waals surface area (Å²) in [5.41, 5.74) is 0. The first kappa shape index (κ1) is 8.99. The van der Waals surface area contributed by atoms with Gasteiger partial charge in [-0.3, -0.25) is 10.1 Å². The molecule has 0 aliphatic carbocycles. The predicted octanol–water partition coefficient (Wildman–Crippen LogP) is -0.0183. The summed E-state index contributed by atoms with van der Waals surface area (Å²) in [5, 5.41) is 9.99. The van der Waals surface area contributed by atoms with Crippen LogP contribution < -0.4 is 0 Å². The topological polar surface area (TPSA) is 49.6 Å². The highest BCUT2D eigenvalue weighted by Crippen LogP contribution is 1.98. The van der Waals surface area contributed by atoms with Crippen LogP contribution in [-0.4, -0.2) is 47.9 Å². The third kappa shape index (κ3) is 2.87. The molecule has 1 aliphatic rings. The molecule has 0 saturated carbocycles. The van der Waals surface area contributed by atoms with E-state index in [-0.39, 0.29) is 0 Å². The van der Waals surface area contributed by atoms with Crippen LogP contribution in [0.15, 0.2) is 12.4 Å². The van der Waals surface area contributed by atoms with Crippen LogP contribution in [0.5, 0.6) is 0 Å². The minimum Gasteiger partial charge on any atom is -0.370 e. The molecule has 5 heteroatoms. The van der Waals surface area contributed by atoms with Crippen LogP contribution in [0.4, 0.5) is 0 Å². The third-order valence-electron chi connectivity index (χ3n) is 1.94. The van der Waals surface area contributed by atoms with Crippen molar-refractivity contribution in [3.8, 4) is 0 Å². The Morgan fingerprint density at radius 2 is 1.92 bits per heavy atom. The van der Waals surface area contributed by atoms with Gasteiger partial charge >= 0.3 is 0 Å². The Balaban J connectivity index is 2.30. The molecule has 5 nitrogen and oxygen atoms in total. The molecule has 0 unspecified atom stereocenters. The molecule has 0 aromatic rings. The lowest BCUT2D eigenvalue weighted by molar-refractivity contribution is -0.403. The van der Waals surface area contributed by atoms with Crippen LogP contribution in [0, 0.1) is 10.1 Å². The molecule has 0 N–H and O–H groups in total. The smallest absolute Gasteiger partial charge is 0.250 e. The zero-order chi connectivity index (χ0) is 8.97. The maximum Gasteiger partial charge on any atom is 0.250 e. The summed E-state index contributed by atoms with van der Waals surface area (Å²) >= 11 is 0. The van der Waals surface area contributed by atoms with E-state index in [0.29, 0.717) is 0 Å². The normalized spacial score (nSPS) is 20.2. The summed E-state index contributed by atoms with van der Waals surface area (Å²) in [7, 11) is 2.05. The van der Waals surface area contributed by atoms with Gasteiger partial charge in [0.15, 0.2) is 0 Å². The van der Waals surface area contributed by atoms with Gasteiger partial charge in [-0.1, -0.05) is 0 Å². The first-order chi connectivity index (χ1) is 5.68. The molecular weight excluding hydrogens is 158 g/mol. The number of hydrogen-bond acceptors (Lipinski definition) is 4. The number of likely N-dealkylation sites (N-methyl/N-ethyl adjacent to an activating group) is 1. The molecule has 68 valence electrons. The van der Waals surface area contributed by atoms with E-state index in [1.807, 2.05) is 4.90 Å². The first-order valence-electron chi connectivity index (χ1n) is 3.93. The molecule has 0 spiro atoms. The van der Waals surface area contributed by atoms with E-state index in [0.717, 1.165) is 32.4 Å². The van der Waals surface area contributed by atoms with Crippen molar-refractivity contribution in [2.45, 2.75) is 0 Å². The van der Waals surface area contributed by atoms with Gasteiger partial charge in [0.05, 0.1) is 11.1 Å². The van der Waals surface area contributed by atoms with Crippen molar-refractivity contribution < 1.29 is 4.92 Å². The number of piperazine rings is 1. The second-order valence-electron chi connectivity index (χ2n) is 2.92. The molecule has 1 saturated heterocycles. The van der Waals surface area contributed by atoms with Gasteiger partial charge in [-0.15, -0.1) is 0 Å². The average Bonchev–Trinajstić information content (AvgIpc) is 2.03. The highest BCUT2D eigenvalue weighted by atomic mass is 16.6. The number of rotatable bonds is 2. The van der Waals surface area contributed by atoms with E-state index in [2.05, 4.69) is 11.9 Å². The van der Waals surface area contributed by atoms with Crippen LogP contribution in [0.3, 0.4) is 0 Å². The van der Waals surface area contributed by atoms with Gasteiger partial charge in [-0.25, -0.2) is 0 Å². The maximum absolute atomic E-state index is 9.99. The van der Waals surface area contributed by atoms with Crippen molar-refractivity contribution in [2.75, 3.05) is 33.2 Å². The highest BCUT2D eigenvalue weighted by Gasteiger charge is 2.10. The van der Waals surface area contributed by atoms with Gasteiger partial charge in [0.1, 0.15) is 0 Å². The Labute approximate surface area is 71.4 Å². The van der Waals surface area contributed by atoms with Crippen LogP contribution in [0.1, 0.15) is 0 Å². The van der Waals surface area contributed by atoms with Crippen LogP contribution in [0.25, 0.3) is 0 Å². The Morgan fingerprint density at radius 3 is 2.42 bits per heavy atom. The van der Waals surface area contributed by atoms with Crippen molar-refractivity contribution >= 4 is 0 Å². The summed E-state index contributed by atoms with van der Waals surface area (Å²) in [5.74, 6) is 0. The van der Waals surface area contributed by atoms with Crippen LogP contribution in [0.2, 0.25) is 0 Å². The largest absolute Gasteiger partial charge is 0.370 e. The fraction of sp³-hybridized carbons (Fsp3) is 0.714. The lowest BCUT2D eigenvalue weighted by Gasteiger charge is -2.30. The molecule has 0 amide bonds. The second-order valence-corrected chi connectivity index (χ2v) is 2.92. The molecule has 1 rings (SSSR count). The van der Waals surface area contributed by atoms with E-state index in [1.165, 1.54) is 0 Å². The van der Waals surface area contributed by atoms with Gasteiger partial charge in [0.2, 0.25) is 6.20 Å². The molecular formula is C7H13N3O2. The van der Waals surface area contributed by atoms with Crippen molar-refractivity contribution in [1.82, 2.24) is 9.80 Å². The summed E-state index contributed by atoms with van der Waals surface area (Å²) in [6.45, 7) is 3.70. The van der Waals surface area contributed by atoms with Gasteiger partial charge in [-0.2, -0.15) is 0 Å². The number of nitro groups is 1. The molecule has 1 heterocycles. The van der Waals surface area contributed by atoms with Crippen molar-refractivity contribution in [3.05, 3.63) is 22.5 Å². The lowest BCUT2D eigenvalue weighted by atomic mass is 10.3. The fourth-order valence-electron chi connectivity index (χ4n) is 1.12. The van der Waals surface area contributed by atoms with Crippen molar-refractivity contribution in [2.24, 2.45) is 0 Å². The molecule has 0 aromatic heterocycles. The van der Waals surface area contributed by atoms with Crippen LogP contribution >= 0.6 is 0 Å². The van der Waals surface area contributed by atoms with Crippen LogP contribution in [-0.2, 0) is 0 Å². The monoisotopic (exact) mass is 171 g/mol. The van der Waals surface area contributed by atoms with E-state index in [9.17, 15) is 10.1 Å². The van der Waals surface area contributed by atoms with E-state index >= 15 is 0 Å². The standard InChI is InChI=1S/C7H13N3O2/c1-8-2-4-9(5-3-8)6-7-10(11)12/h6-7H,2-5H2,1H3/b7-6+. The fourth-order valence-corrected chi connectivity index (χ4v) is 1.12. The van der Waals surface area contributed by atoms with Crippen molar-refractivity contribution in [1.29, 1.82) is 0 Å². The van der Waals surface area contributed by atoms with Gasteiger partial charge in [-0.05, 0) is 7.05 Å². The Morgan fingerprint density at radius 1 is 1.33 bits per heavy atom. The third-order valence-corrected chi connectivity index (χ3v) is 1.94. The van der Waals surface area contributed by atoms with E-state index < -0.39 is 4.92 Å². The summed E-state index contributed by atoms with van der Waals surface area (Å²) < 4.78 is 0. The molecule has 1 fully saturated rings. The Hall–Kier alpha value is -1.10. The second kappa shape index (κ2) is 4.06. The first-order valence-corrected chi connectivity index (χ1v) is 3.93. The van der Waals surface area contributed by atoms with Crippen molar-refractivity contribution in [3.63, 3.8) is 0 Å². The average molecular weight is 171 g/mol. The lowest BCUT2D eigenvalue weighted by Crippen LogP contribution is -2.41.